The fraction of sp³-hybridized carbons (Fsp3) is 0.294. The molecule has 0 radical (unpaired) electrons. The second-order valence-corrected chi connectivity index (χ2v) is 9.33. The Labute approximate surface area is 160 Å². The lowest BCUT2D eigenvalue weighted by Crippen LogP contribution is -2.19. The largest absolute Gasteiger partial charge is 0.515 e. The molecule has 1 aliphatic carbocycles. The van der Waals surface area contributed by atoms with Crippen LogP contribution in [0.5, 0.6) is 0 Å². The van der Waals surface area contributed by atoms with Crippen LogP contribution >= 0.6 is 23.4 Å². The molecule has 1 fully saturated rings. The summed E-state index contributed by atoms with van der Waals surface area (Å²) < 4.78 is 24.3. The number of hydrogen-bond donors (Lipinski definition) is 1. The number of thioether (sulfide) groups is 1. The fourth-order valence-corrected chi connectivity index (χ4v) is 4.65. The van der Waals surface area contributed by atoms with E-state index in [1.165, 1.54) is 23.9 Å². The normalized spacial score (nSPS) is 17.6. The Morgan fingerprint density at radius 3 is 2.54 bits per heavy atom. The molecule has 1 aromatic carbocycles. The van der Waals surface area contributed by atoms with E-state index in [-0.39, 0.29) is 32.7 Å². The number of carbonyl (C=O) groups excluding carboxylic acids is 2. The molecule has 1 aromatic rings. The molecular formula is C17H16ClNO5S2. The highest BCUT2D eigenvalue weighted by Crippen LogP contribution is 2.40. The van der Waals surface area contributed by atoms with Gasteiger partial charge in [0.2, 0.25) is 5.78 Å². The third-order valence-corrected chi connectivity index (χ3v) is 6.40. The van der Waals surface area contributed by atoms with Crippen LogP contribution in [-0.2, 0) is 14.6 Å². The fourth-order valence-electron chi connectivity index (χ4n) is 2.66. The third-order valence-electron chi connectivity index (χ3n) is 4.15. The topological polar surface area (TPSA) is 91.7 Å². The van der Waals surface area contributed by atoms with Gasteiger partial charge in [-0.1, -0.05) is 11.6 Å². The number of anilines is 1. The molecule has 26 heavy (non-hydrogen) atoms. The van der Waals surface area contributed by atoms with Crippen LogP contribution in [0.1, 0.15) is 23.2 Å². The molecule has 0 atom stereocenters. The van der Waals surface area contributed by atoms with E-state index in [9.17, 15) is 23.1 Å². The van der Waals surface area contributed by atoms with Crippen molar-refractivity contribution in [1.29, 1.82) is 0 Å². The molecule has 0 spiro atoms. The highest BCUT2D eigenvalue weighted by atomic mass is 35.5. The first-order valence-corrected chi connectivity index (χ1v) is 11.1. The standard InChI is InChI=1S/C17H16ClNO5S2/c1-26(23,24)13-5-4-11(14(18)15(13)19-6-7-25-9-19)17(22)12(8-20)16(21)10-2-3-10/h4-8,10,20H,2-3,9H2,1H3. The summed E-state index contributed by atoms with van der Waals surface area (Å²) in [4.78, 5) is 26.6. The number of hydrogen-bond acceptors (Lipinski definition) is 7. The SMILES string of the molecule is CS(=O)(=O)c1ccc(C(=O)C(=CO)C(=O)C2CC2)c(Cl)c1N1C=CSC1. The van der Waals surface area contributed by atoms with Crippen LogP contribution in [0.3, 0.4) is 0 Å². The molecule has 0 bridgehead atoms. The maximum Gasteiger partial charge on any atom is 0.201 e. The van der Waals surface area contributed by atoms with Crippen molar-refractivity contribution < 1.29 is 23.1 Å². The van der Waals surface area contributed by atoms with E-state index in [2.05, 4.69) is 0 Å². The Morgan fingerprint density at radius 2 is 2.04 bits per heavy atom. The summed E-state index contributed by atoms with van der Waals surface area (Å²) in [5.41, 5.74) is -0.162. The van der Waals surface area contributed by atoms with Gasteiger partial charge in [0.1, 0.15) is 5.57 Å². The minimum atomic E-state index is -3.59. The monoisotopic (exact) mass is 413 g/mol. The highest BCUT2D eigenvalue weighted by Gasteiger charge is 2.36. The average Bonchev–Trinajstić information content (AvgIpc) is 3.29. The quantitative estimate of drug-likeness (QED) is 0.251. The molecule has 0 unspecified atom stereocenters. The first kappa shape index (κ1) is 19.0. The van der Waals surface area contributed by atoms with Crippen molar-refractivity contribution in [3.8, 4) is 0 Å². The number of sulfone groups is 1. The van der Waals surface area contributed by atoms with Gasteiger partial charge in [0.05, 0.1) is 27.7 Å². The highest BCUT2D eigenvalue weighted by molar-refractivity contribution is 8.02. The number of Topliss-reactive ketones (excluding diaryl/α,β-unsaturated/α-hetero) is 2. The molecule has 3 rings (SSSR count). The minimum absolute atomic E-state index is 0.00533. The molecule has 1 saturated carbocycles. The summed E-state index contributed by atoms with van der Waals surface area (Å²) in [6.45, 7) is 0. The smallest absolute Gasteiger partial charge is 0.201 e. The van der Waals surface area contributed by atoms with Crippen LogP contribution < -0.4 is 4.90 Å². The van der Waals surface area contributed by atoms with Crippen molar-refractivity contribution in [1.82, 2.24) is 0 Å². The summed E-state index contributed by atoms with van der Waals surface area (Å²) in [5, 5.41) is 11.1. The summed E-state index contributed by atoms with van der Waals surface area (Å²) >= 11 is 7.85. The predicted octanol–water partition coefficient (Wildman–Crippen LogP) is 3.33. The van der Waals surface area contributed by atoms with Crippen LogP contribution in [0.25, 0.3) is 0 Å². The van der Waals surface area contributed by atoms with Crippen molar-refractivity contribution in [2.75, 3.05) is 17.0 Å². The molecule has 1 N–H and O–H groups in total. The second-order valence-electron chi connectivity index (χ2n) is 6.11. The van der Waals surface area contributed by atoms with Gasteiger partial charge in [-0.15, -0.1) is 11.8 Å². The number of carbonyl (C=O) groups is 2. The summed E-state index contributed by atoms with van der Waals surface area (Å²) in [6.07, 6.45) is 4.62. The van der Waals surface area contributed by atoms with E-state index >= 15 is 0 Å². The lowest BCUT2D eigenvalue weighted by molar-refractivity contribution is -0.116. The first-order valence-electron chi connectivity index (χ1n) is 7.76. The maximum atomic E-state index is 12.8. The Hall–Kier alpha value is -1.77. The summed E-state index contributed by atoms with van der Waals surface area (Å²) in [7, 11) is -3.59. The third kappa shape index (κ3) is 3.54. The van der Waals surface area contributed by atoms with Crippen LogP contribution in [0.4, 0.5) is 5.69 Å². The maximum absolute atomic E-state index is 12.8. The number of nitrogens with zero attached hydrogens (tertiary/aromatic N) is 1. The number of aliphatic hydroxyl groups excluding tert-OH is 1. The van der Waals surface area contributed by atoms with Gasteiger partial charge in [0.25, 0.3) is 0 Å². The van der Waals surface area contributed by atoms with Gasteiger partial charge in [-0.2, -0.15) is 0 Å². The van der Waals surface area contributed by atoms with E-state index in [4.69, 9.17) is 11.6 Å². The summed E-state index contributed by atoms with van der Waals surface area (Å²) in [6, 6.07) is 2.58. The number of rotatable bonds is 6. The van der Waals surface area contributed by atoms with E-state index in [0.29, 0.717) is 25.0 Å². The number of benzene rings is 1. The zero-order valence-electron chi connectivity index (χ0n) is 13.8. The van der Waals surface area contributed by atoms with E-state index < -0.39 is 21.4 Å². The van der Waals surface area contributed by atoms with Gasteiger partial charge in [0, 0.05) is 23.9 Å². The lowest BCUT2D eigenvalue weighted by Gasteiger charge is -2.21. The molecule has 0 amide bonds. The minimum Gasteiger partial charge on any atom is -0.515 e. The van der Waals surface area contributed by atoms with Crippen molar-refractivity contribution in [2.45, 2.75) is 17.7 Å². The van der Waals surface area contributed by atoms with Gasteiger partial charge in [0.15, 0.2) is 15.6 Å². The Kier molecular flexibility index (Phi) is 5.18. The van der Waals surface area contributed by atoms with Crippen molar-refractivity contribution >= 4 is 50.5 Å². The summed E-state index contributed by atoms with van der Waals surface area (Å²) in [5.74, 6) is -0.932. The number of allylic oxidation sites excluding steroid dienone is 1. The van der Waals surface area contributed by atoms with E-state index in [1.54, 1.807) is 16.5 Å². The average molecular weight is 414 g/mol. The molecule has 6 nitrogen and oxygen atoms in total. The van der Waals surface area contributed by atoms with Gasteiger partial charge in [-0.05, 0) is 30.4 Å². The second kappa shape index (κ2) is 7.09. The van der Waals surface area contributed by atoms with Crippen LogP contribution in [0.2, 0.25) is 5.02 Å². The van der Waals surface area contributed by atoms with E-state index in [0.717, 1.165) is 6.26 Å². The van der Waals surface area contributed by atoms with Gasteiger partial charge in [-0.25, -0.2) is 8.42 Å². The molecule has 1 heterocycles. The first-order chi connectivity index (χ1) is 12.3. The zero-order valence-corrected chi connectivity index (χ0v) is 16.2. The van der Waals surface area contributed by atoms with Gasteiger partial charge >= 0.3 is 0 Å². The predicted molar refractivity (Wildman–Crippen MR) is 101 cm³/mol. The molecule has 1 aliphatic heterocycles. The number of ketones is 2. The zero-order chi connectivity index (χ0) is 19.1. The number of halogens is 1. The van der Waals surface area contributed by atoms with Crippen LogP contribution in [0, 0.1) is 5.92 Å². The van der Waals surface area contributed by atoms with Crippen LogP contribution in [-0.4, -0.2) is 37.2 Å². The van der Waals surface area contributed by atoms with Crippen molar-refractivity contribution in [3.63, 3.8) is 0 Å². The molecular weight excluding hydrogens is 398 g/mol. The van der Waals surface area contributed by atoms with Crippen molar-refractivity contribution in [2.24, 2.45) is 5.92 Å². The Balaban J connectivity index is 2.11. The Bertz CT molecular complexity index is 948. The molecule has 0 saturated heterocycles. The van der Waals surface area contributed by atoms with Gasteiger partial charge in [-0.3, -0.25) is 9.59 Å². The van der Waals surface area contributed by atoms with Gasteiger partial charge < -0.3 is 10.0 Å². The number of aliphatic hydroxyl groups is 1. The van der Waals surface area contributed by atoms with Crippen LogP contribution in [0.15, 0.2) is 40.5 Å². The van der Waals surface area contributed by atoms with E-state index in [1.807, 2.05) is 0 Å². The lowest BCUT2D eigenvalue weighted by atomic mass is 9.98. The molecule has 0 aromatic heterocycles. The Morgan fingerprint density at radius 1 is 1.35 bits per heavy atom. The molecule has 2 aliphatic rings. The molecule has 9 heteroatoms. The van der Waals surface area contributed by atoms with Crippen molar-refractivity contribution in [3.05, 3.63) is 46.2 Å². The molecule has 138 valence electrons.